The number of carboxylic acid groups (broad SMARTS) is 1. The molecule has 0 heterocycles. The van der Waals surface area contributed by atoms with E-state index < -0.39 is 11.5 Å². The van der Waals surface area contributed by atoms with Gasteiger partial charge in [-0.1, -0.05) is 32.1 Å². The zero-order chi connectivity index (χ0) is 14.6. The van der Waals surface area contributed by atoms with Gasteiger partial charge in [-0.3, -0.25) is 4.79 Å². The molecule has 20 heavy (non-hydrogen) atoms. The molecule has 5 heteroatoms. The standard InChI is InChI=1S/C15H26N2O3/c1-14(7-5-6-8-14)16-13(20)17-15(11-12(18)19)9-3-2-4-10-15/h2-11H2,1H3,(H,18,19)(H2,16,17,20). The molecule has 0 spiro atoms. The number of hydrogen-bond acceptors (Lipinski definition) is 2. The molecule has 2 fully saturated rings. The number of rotatable bonds is 4. The summed E-state index contributed by atoms with van der Waals surface area (Å²) in [6.45, 7) is 2.07. The summed E-state index contributed by atoms with van der Waals surface area (Å²) in [7, 11) is 0. The van der Waals surface area contributed by atoms with E-state index in [1.54, 1.807) is 0 Å². The molecular formula is C15H26N2O3. The van der Waals surface area contributed by atoms with E-state index in [-0.39, 0.29) is 18.0 Å². The van der Waals surface area contributed by atoms with Gasteiger partial charge in [0, 0.05) is 5.54 Å². The predicted octanol–water partition coefficient (Wildman–Crippen LogP) is 2.80. The first-order valence-corrected chi connectivity index (χ1v) is 7.75. The van der Waals surface area contributed by atoms with Gasteiger partial charge in [0.15, 0.2) is 0 Å². The number of carbonyl (C=O) groups is 2. The fraction of sp³-hybridized carbons (Fsp3) is 0.867. The van der Waals surface area contributed by atoms with E-state index in [9.17, 15) is 9.59 Å². The first-order chi connectivity index (χ1) is 9.43. The summed E-state index contributed by atoms with van der Waals surface area (Å²) >= 11 is 0. The van der Waals surface area contributed by atoms with Crippen LogP contribution in [-0.2, 0) is 4.79 Å². The molecule has 2 saturated carbocycles. The van der Waals surface area contributed by atoms with Crippen molar-refractivity contribution < 1.29 is 14.7 Å². The Bertz CT molecular complexity index is 369. The van der Waals surface area contributed by atoms with Gasteiger partial charge in [0.2, 0.25) is 0 Å². The molecule has 2 aliphatic carbocycles. The highest BCUT2D eigenvalue weighted by molar-refractivity contribution is 5.77. The van der Waals surface area contributed by atoms with Gasteiger partial charge in [-0.05, 0) is 32.6 Å². The van der Waals surface area contributed by atoms with Gasteiger partial charge >= 0.3 is 12.0 Å². The van der Waals surface area contributed by atoms with Gasteiger partial charge in [0.05, 0.1) is 12.0 Å². The van der Waals surface area contributed by atoms with Crippen LogP contribution in [0, 0.1) is 0 Å². The number of aliphatic carboxylic acids is 1. The van der Waals surface area contributed by atoms with E-state index in [1.807, 2.05) is 0 Å². The maximum absolute atomic E-state index is 12.2. The smallest absolute Gasteiger partial charge is 0.315 e. The minimum Gasteiger partial charge on any atom is -0.481 e. The maximum atomic E-state index is 12.2. The Balaban J connectivity index is 1.96. The summed E-state index contributed by atoms with van der Waals surface area (Å²) in [5, 5.41) is 15.1. The summed E-state index contributed by atoms with van der Waals surface area (Å²) in [4.78, 5) is 23.3. The maximum Gasteiger partial charge on any atom is 0.315 e. The van der Waals surface area contributed by atoms with Crippen molar-refractivity contribution in [2.75, 3.05) is 0 Å². The lowest BCUT2D eigenvalue weighted by Gasteiger charge is -2.38. The predicted molar refractivity (Wildman–Crippen MR) is 76.6 cm³/mol. The average molecular weight is 282 g/mol. The molecule has 0 aromatic carbocycles. The largest absolute Gasteiger partial charge is 0.481 e. The second-order valence-corrected chi connectivity index (χ2v) is 6.76. The van der Waals surface area contributed by atoms with Crippen LogP contribution in [0.3, 0.4) is 0 Å². The summed E-state index contributed by atoms with van der Waals surface area (Å²) < 4.78 is 0. The number of carboxylic acids is 1. The molecule has 0 radical (unpaired) electrons. The van der Waals surface area contributed by atoms with Crippen molar-refractivity contribution in [1.29, 1.82) is 0 Å². The SMILES string of the molecule is CC1(NC(=O)NC2(CC(=O)O)CCCCC2)CCCC1. The van der Waals surface area contributed by atoms with Crippen molar-refractivity contribution in [2.45, 2.75) is 82.2 Å². The minimum atomic E-state index is -0.834. The Morgan fingerprint density at radius 2 is 1.50 bits per heavy atom. The van der Waals surface area contributed by atoms with Crippen LogP contribution < -0.4 is 10.6 Å². The third-order valence-electron chi connectivity index (χ3n) is 4.80. The van der Waals surface area contributed by atoms with E-state index in [0.717, 1.165) is 57.8 Å². The van der Waals surface area contributed by atoms with Crippen LogP contribution in [0.4, 0.5) is 4.79 Å². The van der Waals surface area contributed by atoms with Crippen LogP contribution >= 0.6 is 0 Å². The lowest BCUT2D eigenvalue weighted by atomic mass is 9.79. The molecule has 0 aliphatic heterocycles. The van der Waals surface area contributed by atoms with Crippen molar-refractivity contribution in [2.24, 2.45) is 0 Å². The van der Waals surface area contributed by atoms with E-state index in [1.165, 1.54) is 0 Å². The van der Waals surface area contributed by atoms with E-state index >= 15 is 0 Å². The molecule has 0 bridgehead atoms. The molecule has 5 nitrogen and oxygen atoms in total. The Hall–Kier alpha value is -1.26. The van der Waals surface area contributed by atoms with Crippen LogP contribution in [0.2, 0.25) is 0 Å². The zero-order valence-electron chi connectivity index (χ0n) is 12.3. The Morgan fingerprint density at radius 1 is 0.950 bits per heavy atom. The van der Waals surface area contributed by atoms with Crippen LogP contribution in [0.15, 0.2) is 0 Å². The highest BCUT2D eigenvalue weighted by atomic mass is 16.4. The molecule has 0 unspecified atom stereocenters. The molecule has 0 aromatic heterocycles. The third-order valence-corrected chi connectivity index (χ3v) is 4.80. The molecule has 3 N–H and O–H groups in total. The second kappa shape index (κ2) is 6.02. The highest BCUT2D eigenvalue weighted by Crippen LogP contribution is 2.32. The topological polar surface area (TPSA) is 78.4 Å². The van der Waals surface area contributed by atoms with Crippen LogP contribution in [0.1, 0.15) is 71.1 Å². The first-order valence-electron chi connectivity index (χ1n) is 7.75. The number of urea groups is 1. The molecule has 0 aromatic rings. The van der Waals surface area contributed by atoms with Crippen molar-refractivity contribution >= 4 is 12.0 Å². The molecule has 0 saturated heterocycles. The lowest BCUT2D eigenvalue weighted by Crippen LogP contribution is -2.57. The summed E-state index contributed by atoms with van der Waals surface area (Å²) in [5.74, 6) is -0.834. The third kappa shape index (κ3) is 3.87. The molecule has 2 aliphatic rings. The second-order valence-electron chi connectivity index (χ2n) is 6.76. The molecular weight excluding hydrogens is 256 g/mol. The van der Waals surface area contributed by atoms with Crippen molar-refractivity contribution in [1.82, 2.24) is 10.6 Å². The summed E-state index contributed by atoms with van der Waals surface area (Å²) in [6.07, 6.45) is 8.98. The van der Waals surface area contributed by atoms with Crippen molar-refractivity contribution in [3.63, 3.8) is 0 Å². The number of amides is 2. The van der Waals surface area contributed by atoms with Gasteiger partial charge < -0.3 is 15.7 Å². The quantitative estimate of drug-likeness (QED) is 0.742. The summed E-state index contributed by atoms with van der Waals surface area (Å²) in [5.41, 5.74) is -0.674. The Labute approximate surface area is 120 Å². The zero-order valence-corrected chi connectivity index (χ0v) is 12.3. The van der Waals surface area contributed by atoms with Crippen LogP contribution in [0.5, 0.6) is 0 Å². The van der Waals surface area contributed by atoms with Crippen molar-refractivity contribution in [3.8, 4) is 0 Å². The van der Waals surface area contributed by atoms with E-state index in [2.05, 4.69) is 17.6 Å². The fourth-order valence-electron chi connectivity index (χ4n) is 3.69. The molecule has 0 atom stereocenters. The van der Waals surface area contributed by atoms with Crippen molar-refractivity contribution in [3.05, 3.63) is 0 Å². The average Bonchev–Trinajstić information content (AvgIpc) is 2.75. The van der Waals surface area contributed by atoms with Gasteiger partial charge in [-0.15, -0.1) is 0 Å². The Morgan fingerprint density at radius 3 is 2.05 bits per heavy atom. The number of carbonyl (C=O) groups excluding carboxylic acids is 1. The molecule has 114 valence electrons. The van der Waals surface area contributed by atoms with Crippen LogP contribution in [-0.4, -0.2) is 28.2 Å². The van der Waals surface area contributed by atoms with Gasteiger partial charge in [0.25, 0.3) is 0 Å². The summed E-state index contributed by atoms with van der Waals surface area (Å²) in [6, 6.07) is -0.197. The van der Waals surface area contributed by atoms with Gasteiger partial charge in [-0.25, -0.2) is 4.79 Å². The minimum absolute atomic E-state index is 0.0249. The highest BCUT2D eigenvalue weighted by Gasteiger charge is 2.37. The first kappa shape index (κ1) is 15.1. The van der Waals surface area contributed by atoms with Crippen LogP contribution in [0.25, 0.3) is 0 Å². The monoisotopic (exact) mass is 282 g/mol. The number of nitrogens with one attached hydrogen (secondary N) is 2. The molecule has 2 rings (SSSR count). The fourth-order valence-corrected chi connectivity index (χ4v) is 3.69. The molecule has 2 amide bonds. The lowest BCUT2D eigenvalue weighted by molar-refractivity contribution is -0.139. The number of hydrogen-bond donors (Lipinski definition) is 3. The Kier molecular flexibility index (Phi) is 4.55. The van der Waals surface area contributed by atoms with E-state index in [0.29, 0.717) is 0 Å². The van der Waals surface area contributed by atoms with Gasteiger partial charge in [0.1, 0.15) is 0 Å². The van der Waals surface area contributed by atoms with E-state index in [4.69, 9.17) is 5.11 Å². The normalized spacial score (nSPS) is 24.1. The van der Waals surface area contributed by atoms with Gasteiger partial charge in [-0.2, -0.15) is 0 Å².